The van der Waals surface area contributed by atoms with E-state index in [-0.39, 0.29) is 0 Å². The summed E-state index contributed by atoms with van der Waals surface area (Å²) in [6.45, 7) is 5.40. The second-order valence-corrected chi connectivity index (χ2v) is 5.55. The number of nitrogens with zero attached hydrogens (tertiary/aromatic N) is 3. The first-order valence-electron chi connectivity index (χ1n) is 6.79. The number of alkyl halides is 1. The van der Waals surface area contributed by atoms with Gasteiger partial charge in [-0.1, -0.05) is 17.7 Å². The molecule has 3 rings (SSSR count). The predicted octanol–water partition coefficient (Wildman–Crippen LogP) is 2.76. The Morgan fingerprint density at radius 3 is 2.75 bits per heavy atom. The van der Waals surface area contributed by atoms with E-state index < -0.39 is 0 Å². The van der Waals surface area contributed by atoms with Crippen LogP contribution in [0.2, 0.25) is 5.02 Å². The first kappa shape index (κ1) is 14.1. The molecule has 6 heteroatoms. The van der Waals surface area contributed by atoms with Crippen molar-refractivity contribution >= 4 is 34.2 Å². The van der Waals surface area contributed by atoms with Gasteiger partial charge in [0.15, 0.2) is 0 Å². The fourth-order valence-corrected chi connectivity index (χ4v) is 3.07. The Morgan fingerprint density at radius 2 is 2.00 bits per heavy atom. The van der Waals surface area contributed by atoms with Crippen LogP contribution in [0.1, 0.15) is 5.82 Å². The van der Waals surface area contributed by atoms with Crippen molar-refractivity contribution in [3.63, 3.8) is 0 Å². The Morgan fingerprint density at radius 1 is 1.20 bits per heavy atom. The zero-order chi connectivity index (χ0) is 13.9. The molecule has 0 atom stereocenters. The number of benzene rings is 1. The van der Waals surface area contributed by atoms with E-state index in [2.05, 4.69) is 14.5 Å². The molecule has 1 aromatic heterocycles. The van der Waals surface area contributed by atoms with Crippen molar-refractivity contribution < 1.29 is 4.74 Å². The highest BCUT2D eigenvalue weighted by molar-refractivity contribution is 6.35. The van der Waals surface area contributed by atoms with Gasteiger partial charge in [-0.25, -0.2) is 4.98 Å². The highest BCUT2D eigenvalue weighted by Gasteiger charge is 2.15. The Labute approximate surface area is 128 Å². The van der Waals surface area contributed by atoms with Crippen molar-refractivity contribution in [2.45, 2.75) is 12.4 Å². The largest absolute Gasteiger partial charge is 0.379 e. The van der Waals surface area contributed by atoms with Gasteiger partial charge in [-0.05, 0) is 12.1 Å². The maximum Gasteiger partial charge on any atom is 0.124 e. The van der Waals surface area contributed by atoms with Crippen LogP contribution in [0.5, 0.6) is 0 Å². The number of hydrogen-bond donors (Lipinski definition) is 0. The monoisotopic (exact) mass is 313 g/mol. The van der Waals surface area contributed by atoms with Gasteiger partial charge in [-0.3, -0.25) is 4.90 Å². The number of ether oxygens (including phenoxy) is 1. The van der Waals surface area contributed by atoms with Gasteiger partial charge in [0.1, 0.15) is 5.82 Å². The number of para-hydroxylation sites is 1. The van der Waals surface area contributed by atoms with Gasteiger partial charge in [0.2, 0.25) is 0 Å². The number of hydrogen-bond acceptors (Lipinski definition) is 3. The first-order valence-corrected chi connectivity index (χ1v) is 7.70. The Hall–Kier alpha value is -0.810. The molecule has 1 aliphatic rings. The van der Waals surface area contributed by atoms with Crippen molar-refractivity contribution in [1.82, 2.24) is 14.5 Å². The number of aromatic nitrogens is 2. The van der Waals surface area contributed by atoms with Gasteiger partial charge in [-0.2, -0.15) is 0 Å². The average molecular weight is 314 g/mol. The maximum absolute atomic E-state index is 6.32. The molecule has 1 saturated heterocycles. The third-order valence-electron chi connectivity index (χ3n) is 3.66. The van der Waals surface area contributed by atoms with E-state index >= 15 is 0 Å². The molecule has 108 valence electrons. The number of imidazole rings is 1. The summed E-state index contributed by atoms with van der Waals surface area (Å²) in [5.74, 6) is 1.27. The minimum absolute atomic E-state index is 0.397. The van der Waals surface area contributed by atoms with Crippen molar-refractivity contribution in [3.05, 3.63) is 29.0 Å². The van der Waals surface area contributed by atoms with E-state index in [1.807, 2.05) is 18.2 Å². The Kier molecular flexibility index (Phi) is 4.46. The second kappa shape index (κ2) is 6.31. The molecule has 1 aromatic carbocycles. The number of halogens is 2. The quantitative estimate of drug-likeness (QED) is 0.813. The van der Waals surface area contributed by atoms with E-state index in [1.54, 1.807) is 0 Å². The molecule has 1 fully saturated rings. The minimum atomic E-state index is 0.397. The lowest BCUT2D eigenvalue weighted by Gasteiger charge is -2.26. The van der Waals surface area contributed by atoms with Crippen molar-refractivity contribution in [3.8, 4) is 0 Å². The lowest BCUT2D eigenvalue weighted by Crippen LogP contribution is -2.38. The lowest BCUT2D eigenvalue weighted by molar-refractivity contribution is 0.0364. The third kappa shape index (κ3) is 2.79. The van der Waals surface area contributed by atoms with Crippen LogP contribution in [0.4, 0.5) is 0 Å². The summed E-state index contributed by atoms with van der Waals surface area (Å²) in [4.78, 5) is 6.95. The number of morpholine rings is 1. The molecule has 2 heterocycles. The van der Waals surface area contributed by atoms with Crippen LogP contribution in [-0.4, -0.2) is 47.3 Å². The maximum atomic E-state index is 6.32. The topological polar surface area (TPSA) is 30.3 Å². The molecular weight excluding hydrogens is 297 g/mol. The van der Waals surface area contributed by atoms with Crippen LogP contribution >= 0.6 is 23.2 Å². The smallest absolute Gasteiger partial charge is 0.124 e. The van der Waals surface area contributed by atoms with Crippen LogP contribution < -0.4 is 0 Å². The zero-order valence-electron chi connectivity index (χ0n) is 11.2. The molecule has 1 aliphatic heterocycles. The van der Waals surface area contributed by atoms with Gasteiger partial charge in [0.05, 0.1) is 35.1 Å². The summed E-state index contributed by atoms with van der Waals surface area (Å²) >= 11 is 12.3. The normalized spacial score (nSPS) is 16.9. The molecule has 0 N–H and O–H groups in total. The van der Waals surface area contributed by atoms with E-state index in [1.165, 1.54) is 0 Å². The lowest BCUT2D eigenvalue weighted by atomic mass is 10.3. The molecule has 0 saturated carbocycles. The summed E-state index contributed by atoms with van der Waals surface area (Å²) in [6.07, 6.45) is 0. The zero-order valence-corrected chi connectivity index (χ0v) is 12.7. The Balaban J connectivity index is 1.85. The standard InChI is InChI=1S/C14H17Cl2N3O/c15-10-13-17-12-3-1-2-11(16)14(12)19(13)5-4-18-6-8-20-9-7-18/h1-3H,4-10H2. The van der Waals surface area contributed by atoms with Gasteiger partial charge in [0.25, 0.3) is 0 Å². The van der Waals surface area contributed by atoms with Crippen molar-refractivity contribution in [2.75, 3.05) is 32.8 Å². The third-order valence-corrected chi connectivity index (χ3v) is 4.20. The van der Waals surface area contributed by atoms with Crippen LogP contribution in [0.3, 0.4) is 0 Å². The molecule has 0 bridgehead atoms. The molecule has 4 nitrogen and oxygen atoms in total. The Bertz CT molecular complexity index is 593. The average Bonchev–Trinajstić information content (AvgIpc) is 2.85. The highest BCUT2D eigenvalue weighted by atomic mass is 35.5. The molecular formula is C14H17Cl2N3O. The summed E-state index contributed by atoms with van der Waals surface area (Å²) in [5, 5.41) is 0.730. The molecule has 0 unspecified atom stereocenters. The molecule has 2 aromatic rings. The van der Waals surface area contributed by atoms with E-state index in [0.29, 0.717) is 5.88 Å². The molecule has 20 heavy (non-hydrogen) atoms. The summed E-state index contributed by atoms with van der Waals surface area (Å²) in [7, 11) is 0. The van der Waals surface area contributed by atoms with E-state index in [0.717, 1.165) is 61.3 Å². The van der Waals surface area contributed by atoms with Crippen LogP contribution in [0, 0.1) is 0 Å². The van der Waals surface area contributed by atoms with Crippen LogP contribution in [-0.2, 0) is 17.2 Å². The first-order chi connectivity index (χ1) is 9.79. The fourth-order valence-electron chi connectivity index (χ4n) is 2.60. The fraction of sp³-hybridized carbons (Fsp3) is 0.500. The number of rotatable bonds is 4. The minimum Gasteiger partial charge on any atom is -0.379 e. The summed E-state index contributed by atoms with van der Waals surface area (Å²) < 4.78 is 7.51. The summed E-state index contributed by atoms with van der Waals surface area (Å²) in [5.41, 5.74) is 1.90. The number of fused-ring (bicyclic) bond motifs is 1. The van der Waals surface area contributed by atoms with Crippen LogP contribution in [0.25, 0.3) is 11.0 Å². The van der Waals surface area contributed by atoms with Gasteiger partial charge in [-0.15, -0.1) is 11.6 Å². The highest BCUT2D eigenvalue weighted by Crippen LogP contribution is 2.25. The van der Waals surface area contributed by atoms with Gasteiger partial charge < -0.3 is 9.30 Å². The molecule has 0 amide bonds. The second-order valence-electron chi connectivity index (χ2n) is 4.87. The SMILES string of the molecule is ClCc1nc2cccc(Cl)c2n1CCN1CCOCC1. The van der Waals surface area contributed by atoms with E-state index in [4.69, 9.17) is 27.9 Å². The van der Waals surface area contributed by atoms with E-state index in [9.17, 15) is 0 Å². The van der Waals surface area contributed by atoms with Gasteiger partial charge >= 0.3 is 0 Å². The van der Waals surface area contributed by atoms with Crippen molar-refractivity contribution in [2.24, 2.45) is 0 Å². The molecule has 0 spiro atoms. The molecule has 0 radical (unpaired) electrons. The van der Waals surface area contributed by atoms with Gasteiger partial charge in [0, 0.05) is 26.2 Å². The van der Waals surface area contributed by atoms with Crippen LogP contribution in [0.15, 0.2) is 18.2 Å². The molecule has 0 aliphatic carbocycles. The van der Waals surface area contributed by atoms with Crippen molar-refractivity contribution in [1.29, 1.82) is 0 Å². The predicted molar refractivity (Wildman–Crippen MR) is 81.6 cm³/mol. The summed E-state index contributed by atoms with van der Waals surface area (Å²) in [6, 6.07) is 5.79.